The maximum atomic E-state index is 5.68. The van der Waals surface area contributed by atoms with Crippen LogP contribution >= 0.6 is 0 Å². The summed E-state index contributed by atoms with van der Waals surface area (Å²) in [5.41, 5.74) is 11.1. The fraction of sp³-hybridized carbons (Fsp3) is 0.941. The number of hydrogen-bond donors (Lipinski definition) is 3. The molecule has 0 aromatic rings. The summed E-state index contributed by atoms with van der Waals surface area (Å²) in [6.07, 6.45) is 16.4. The average molecular weight is 299 g/mol. The molecular weight excluding hydrogens is 260 g/mol. The number of unbranched alkanes of at least 4 members (excludes halogenated alkanes) is 11. The van der Waals surface area contributed by atoms with Crippen molar-refractivity contribution < 1.29 is 0 Å². The first-order valence-corrected chi connectivity index (χ1v) is 9.05. The molecule has 0 spiro atoms. The minimum atomic E-state index is 0.531. The SMILES string of the molecule is CCCCCCCCCCCCCCN=C(N)NCCN. The normalized spacial score (nSPS) is 11.8. The van der Waals surface area contributed by atoms with Crippen molar-refractivity contribution in [3.8, 4) is 0 Å². The van der Waals surface area contributed by atoms with Gasteiger partial charge in [0.25, 0.3) is 0 Å². The van der Waals surface area contributed by atoms with Crippen LogP contribution in [0.4, 0.5) is 0 Å². The maximum absolute atomic E-state index is 5.68. The molecule has 5 N–H and O–H groups in total. The molecule has 0 aliphatic carbocycles. The van der Waals surface area contributed by atoms with Crippen LogP contribution in [0.25, 0.3) is 0 Å². The van der Waals surface area contributed by atoms with E-state index in [4.69, 9.17) is 11.5 Å². The van der Waals surface area contributed by atoms with Crippen molar-refractivity contribution in [1.82, 2.24) is 5.32 Å². The van der Waals surface area contributed by atoms with Crippen molar-refractivity contribution in [3.05, 3.63) is 0 Å². The van der Waals surface area contributed by atoms with Gasteiger partial charge in [0.1, 0.15) is 0 Å². The van der Waals surface area contributed by atoms with Gasteiger partial charge in [-0.25, -0.2) is 0 Å². The molecule has 0 rings (SSSR count). The minimum Gasteiger partial charge on any atom is -0.370 e. The Bertz CT molecular complexity index is 229. The maximum Gasteiger partial charge on any atom is 0.188 e. The van der Waals surface area contributed by atoms with Crippen LogP contribution in [0, 0.1) is 0 Å². The molecule has 126 valence electrons. The molecule has 0 saturated heterocycles. The zero-order valence-corrected chi connectivity index (χ0v) is 14.2. The minimum absolute atomic E-state index is 0.531. The van der Waals surface area contributed by atoms with E-state index in [1.807, 2.05) is 0 Å². The van der Waals surface area contributed by atoms with Crippen molar-refractivity contribution in [2.45, 2.75) is 84.0 Å². The Morgan fingerprint density at radius 1 is 0.810 bits per heavy atom. The lowest BCUT2D eigenvalue weighted by molar-refractivity contribution is 0.545. The Hall–Kier alpha value is -0.770. The van der Waals surface area contributed by atoms with Gasteiger partial charge in [-0.05, 0) is 6.42 Å². The summed E-state index contributed by atoms with van der Waals surface area (Å²) >= 11 is 0. The average Bonchev–Trinajstić information content (AvgIpc) is 2.49. The second-order valence-electron chi connectivity index (χ2n) is 5.87. The number of guanidine groups is 1. The van der Waals surface area contributed by atoms with E-state index in [1.165, 1.54) is 70.6 Å². The Morgan fingerprint density at radius 2 is 1.29 bits per heavy atom. The lowest BCUT2D eigenvalue weighted by Crippen LogP contribution is -2.35. The fourth-order valence-corrected chi connectivity index (χ4v) is 2.41. The summed E-state index contributed by atoms with van der Waals surface area (Å²) in [7, 11) is 0. The lowest BCUT2D eigenvalue weighted by atomic mass is 10.1. The lowest BCUT2D eigenvalue weighted by Gasteiger charge is -2.04. The van der Waals surface area contributed by atoms with E-state index in [-0.39, 0.29) is 0 Å². The molecule has 0 saturated carbocycles. The van der Waals surface area contributed by atoms with Gasteiger partial charge in [-0.15, -0.1) is 0 Å². The summed E-state index contributed by atoms with van der Waals surface area (Å²) in [4.78, 5) is 4.27. The third-order valence-electron chi connectivity index (χ3n) is 3.74. The van der Waals surface area contributed by atoms with Crippen LogP contribution in [0.5, 0.6) is 0 Å². The van der Waals surface area contributed by atoms with E-state index in [2.05, 4.69) is 17.2 Å². The predicted octanol–water partition coefficient (Wildman–Crippen LogP) is 3.55. The molecule has 0 fully saturated rings. The Morgan fingerprint density at radius 3 is 1.76 bits per heavy atom. The first-order chi connectivity index (χ1) is 10.3. The molecule has 0 amide bonds. The van der Waals surface area contributed by atoms with Crippen LogP contribution in [0.1, 0.15) is 84.0 Å². The number of nitrogens with zero attached hydrogens (tertiary/aromatic N) is 1. The number of hydrogen-bond acceptors (Lipinski definition) is 2. The van der Waals surface area contributed by atoms with E-state index in [0.29, 0.717) is 19.0 Å². The van der Waals surface area contributed by atoms with Gasteiger partial charge in [0, 0.05) is 19.6 Å². The van der Waals surface area contributed by atoms with Gasteiger partial charge < -0.3 is 16.8 Å². The number of nitrogens with one attached hydrogen (secondary N) is 1. The van der Waals surface area contributed by atoms with Gasteiger partial charge in [-0.3, -0.25) is 4.99 Å². The molecule has 0 unspecified atom stereocenters. The second-order valence-corrected chi connectivity index (χ2v) is 5.87. The highest BCUT2D eigenvalue weighted by molar-refractivity contribution is 5.77. The number of rotatable bonds is 15. The van der Waals surface area contributed by atoms with Crippen LogP contribution in [0.3, 0.4) is 0 Å². The molecule has 21 heavy (non-hydrogen) atoms. The summed E-state index contributed by atoms with van der Waals surface area (Å²) in [6, 6.07) is 0. The largest absolute Gasteiger partial charge is 0.370 e. The highest BCUT2D eigenvalue weighted by Gasteiger charge is 1.94. The first-order valence-electron chi connectivity index (χ1n) is 9.05. The predicted molar refractivity (Wildman–Crippen MR) is 94.6 cm³/mol. The highest BCUT2D eigenvalue weighted by atomic mass is 15.1. The molecule has 0 aromatic carbocycles. The summed E-state index contributed by atoms with van der Waals surface area (Å²) in [5, 5.41) is 2.98. The molecule has 0 aliphatic heterocycles. The summed E-state index contributed by atoms with van der Waals surface area (Å²) in [5.74, 6) is 0.531. The highest BCUT2D eigenvalue weighted by Crippen LogP contribution is 2.11. The van der Waals surface area contributed by atoms with Gasteiger partial charge in [-0.2, -0.15) is 0 Å². The van der Waals surface area contributed by atoms with Crippen LogP contribution in [0.15, 0.2) is 4.99 Å². The zero-order valence-electron chi connectivity index (χ0n) is 14.2. The Balaban J connectivity index is 3.12. The van der Waals surface area contributed by atoms with Crippen molar-refractivity contribution >= 4 is 5.96 Å². The third kappa shape index (κ3) is 17.2. The molecule has 0 bridgehead atoms. The van der Waals surface area contributed by atoms with E-state index < -0.39 is 0 Å². The smallest absolute Gasteiger partial charge is 0.188 e. The Labute approximate surface area is 132 Å². The molecule has 0 aromatic heterocycles. The van der Waals surface area contributed by atoms with Crippen LogP contribution in [-0.2, 0) is 0 Å². The summed E-state index contributed by atoms with van der Waals surface area (Å²) in [6.45, 7) is 4.40. The molecule has 0 atom stereocenters. The molecule has 4 nitrogen and oxygen atoms in total. The van der Waals surface area contributed by atoms with Crippen LogP contribution in [-0.4, -0.2) is 25.6 Å². The first kappa shape index (κ1) is 20.2. The monoisotopic (exact) mass is 298 g/mol. The molecule has 0 radical (unpaired) electrons. The van der Waals surface area contributed by atoms with Crippen LogP contribution in [0.2, 0.25) is 0 Å². The molecule has 0 aliphatic rings. The fourth-order valence-electron chi connectivity index (χ4n) is 2.41. The van der Waals surface area contributed by atoms with Gasteiger partial charge >= 0.3 is 0 Å². The molecule has 0 heterocycles. The van der Waals surface area contributed by atoms with Crippen LogP contribution < -0.4 is 16.8 Å². The number of nitrogens with two attached hydrogens (primary N) is 2. The topological polar surface area (TPSA) is 76.4 Å². The van der Waals surface area contributed by atoms with E-state index in [1.54, 1.807) is 0 Å². The standard InChI is InChI=1S/C17H38N4/c1-2-3-4-5-6-7-8-9-10-11-12-13-15-20-17(19)21-16-14-18/h2-16,18H2,1H3,(H3,19,20,21). The third-order valence-corrected chi connectivity index (χ3v) is 3.74. The quantitative estimate of drug-likeness (QED) is 0.246. The van der Waals surface area contributed by atoms with Crippen molar-refractivity contribution in [2.24, 2.45) is 16.5 Å². The molecular formula is C17H38N4. The van der Waals surface area contributed by atoms with E-state index in [0.717, 1.165) is 13.0 Å². The second kappa shape index (κ2) is 17.3. The van der Waals surface area contributed by atoms with Crippen molar-refractivity contribution in [1.29, 1.82) is 0 Å². The van der Waals surface area contributed by atoms with E-state index in [9.17, 15) is 0 Å². The zero-order chi connectivity index (χ0) is 15.6. The number of aliphatic imine (C=N–C) groups is 1. The van der Waals surface area contributed by atoms with Gasteiger partial charge in [-0.1, -0.05) is 77.6 Å². The van der Waals surface area contributed by atoms with Gasteiger partial charge in [0.15, 0.2) is 5.96 Å². The van der Waals surface area contributed by atoms with E-state index >= 15 is 0 Å². The van der Waals surface area contributed by atoms with Gasteiger partial charge in [0.2, 0.25) is 0 Å². The molecule has 4 heteroatoms. The van der Waals surface area contributed by atoms with Crippen molar-refractivity contribution in [2.75, 3.05) is 19.6 Å². The summed E-state index contributed by atoms with van der Waals surface area (Å²) < 4.78 is 0. The van der Waals surface area contributed by atoms with Crippen molar-refractivity contribution in [3.63, 3.8) is 0 Å². The Kier molecular flexibility index (Phi) is 16.6. The van der Waals surface area contributed by atoms with Gasteiger partial charge in [0.05, 0.1) is 0 Å².